The van der Waals surface area contributed by atoms with Gasteiger partial charge >= 0.3 is 12.1 Å². The van der Waals surface area contributed by atoms with E-state index in [0.717, 1.165) is 6.08 Å². The van der Waals surface area contributed by atoms with Crippen molar-refractivity contribution in [3.63, 3.8) is 0 Å². The van der Waals surface area contributed by atoms with Crippen molar-refractivity contribution in [3.05, 3.63) is 11.6 Å². The van der Waals surface area contributed by atoms with Gasteiger partial charge in [-0.05, 0) is 12.8 Å². The average molecular weight is 246 g/mol. The molecule has 0 amide bonds. The first kappa shape index (κ1) is 15.3. The molecule has 96 valence electrons. The molecule has 0 saturated heterocycles. The van der Waals surface area contributed by atoms with Crippen LogP contribution in [0.3, 0.4) is 0 Å². The Hall–Kier alpha value is -0.650. The maximum atomic E-state index is 12.9. The van der Waals surface area contributed by atoms with Gasteiger partial charge in [0.2, 0.25) is 0 Å². The molecule has 0 unspecified atom stereocenters. The van der Waals surface area contributed by atoms with Gasteiger partial charge in [0.25, 0.3) is 0 Å². The summed E-state index contributed by atoms with van der Waals surface area (Å²) in [6.45, 7) is 3.19. The highest BCUT2D eigenvalue weighted by Crippen LogP contribution is 2.42. The summed E-state index contributed by atoms with van der Waals surface area (Å²) in [5.41, 5.74) is -0.948. The van der Waals surface area contributed by atoms with Gasteiger partial charge in [0.15, 0.2) is 0 Å². The molecule has 0 atom stereocenters. The van der Waals surface area contributed by atoms with Crippen molar-refractivity contribution in [2.75, 3.05) is 13.2 Å². The monoisotopic (exact) mass is 246 g/mol. The second-order valence-corrected chi connectivity index (χ2v) is 3.23. The van der Waals surface area contributed by atoms with Gasteiger partial charge in [-0.1, -0.05) is 19.9 Å². The lowest BCUT2D eigenvalue weighted by Crippen LogP contribution is -2.38. The minimum atomic E-state index is -5.54. The summed E-state index contributed by atoms with van der Waals surface area (Å²) >= 11 is 0. The lowest BCUT2D eigenvalue weighted by Gasteiger charge is -2.21. The predicted octanol–water partition coefficient (Wildman–Crippen LogP) is 3.95. The van der Waals surface area contributed by atoms with Crippen molar-refractivity contribution in [1.82, 2.24) is 0 Å². The van der Waals surface area contributed by atoms with E-state index in [0.29, 0.717) is 13.0 Å². The highest BCUT2D eigenvalue weighted by atomic mass is 19.4. The first-order valence-corrected chi connectivity index (χ1v) is 4.99. The molecular formula is C10H15F5O. The van der Waals surface area contributed by atoms with Crippen molar-refractivity contribution in [3.8, 4) is 0 Å². The molecule has 0 saturated carbocycles. The summed E-state index contributed by atoms with van der Waals surface area (Å²) in [5, 5.41) is 0. The van der Waals surface area contributed by atoms with Gasteiger partial charge in [-0.25, -0.2) is 0 Å². The van der Waals surface area contributed by atoms with E-state index in [1.165, 1.54) is 6.92 Å². The number of hydrogen-bond acceptors (Lipinski definition) is 1. The maximum Gasteiger partial charge on any atom is 0.457 e. The first-order chi connectivity index (χ1) is 7.27. The van der Waals surface area contributed by atoms with E-state index >= 15 is 0 Å². The van der Waals surface area contributed by atoms with Gasteiger partial charge in [0.1, 0.15) is 0 Å². The number of rotatable bonds is 6. The highest BCUT2D eigenvalue weighted by Gasteiger charge is 2.59. The Morgan fingerprint density at radius 1 is 1.12 bits per heavy atom. The summed E-state index contributed by atoms with van der Waals surface area (Å²) in [6, 6.07) is 0. The Morgan fingerprint density at radius 2 is 1.69 bits per heavy atom. The van der Waals surface area contributed by atoms with E-state index in [9.17, 15) is 22.0 Å². The standard InChI is InChI=1S/C10H15F5O/c1-3-6-16-7-5-8(4-2)9(11,12)10(13,14)15/h5H,3-4,6-7H2,1-2H3/b8-5+. The Kier molecular flexibility index (Phi) is 5.92. The molecule has 0 aliphatic heterocycles. The summed E-state index contributed by atoms with van der Waals surface area (Å²) in [7, 11) is 0. The van der Waals surface area contributed by atoms with Crippen LogP contribution in [0, 0.1) is 0 Å². The van der Waals surface area contributed by atoms with E-state index in [-0.39, 0.29) is 13.0 Å². The maximum absolute atomic E-state index is 12.9. The van der Waals surface area contributed by atoms with E-state index in [2.05, 4.69) is 0 Å². The van der Waals surface area contributed by atoms with Gasteiger partial charge in [-0.15, -0.1) is 0 Å². The van der Waals surface area contributed by atoms with Crippen LogP contribution in [0.25, 0.3) is 0 Å². The van der Waals surface area contributed by atoms with Crippen LogP contribution >= 0.6 is 0 Å². The molecule has 0 aromatic rings. The topological polar surface area (TPSA) is 9.23 Å². The van der Waals surface area contributed by atoms with Gasteiger partial charge < -0.3 is 4.74 Å². The van der Waals surface area contributed by atoms with Crippen LogP contribution in [-0.4, -0.2) is 25.3 Å². The van der Waals surface area contributed by atoms with Crippen LogP contribution in [-0.2, 0) is 4.74 Å². The minimum absolute atomic E-state index is 0.220. The Labute approximate surface area is 91.3 Å². The Balaban J connectivity index is 4.59. The average Bonchev–Trinajstić information content (AvgIpc) is 2.16. The van der Waals surface area contributed by atoms with Crippen LogP contribution in [0.5, 0.6) is 0 Å². The Bertz CT molecular complexity index is 232. The van der Waals surface area contributed by atoms with Crippen molar-refractivity contribution < 1.29 is 26.7 Å². The molecule has 0 radical (unpaired) electrons. The number of alkyl halides is 5. The second kappa shape index (κ2) is 6.18. The molecule has 0 bridgehead atoms. The van der Waals surface area contributed by atoms with Crippen LogP contribution in [0.1, 0.15) is 26.7 Å². The third kappa shape index (κ3) is 4.08. The van der Waals surface area contributed by atoms with Gasteiger partial charge in [-0.2, -0.15) is 22.0 Å². The lowest BCUT2D eigenvalue weighted by molar-refractivity contribution is -0.265. The molecule has 6 heteroatoms. The van der Waals surface area contributed by atoms with Gasteiger partial charge in [0.05, 0.1) is 6.61 Å². The first-order valence-electron chi connectivity index (χ1n) is 4.99. The van der Waals surface area contributed by atoms with Crippen molar-refractivity contribution in [1.29, 1.82) is 0 Å². The van der Waals surface area contributed by atoms with Crippen molar-refractivity contribution >= 4 is 0 Å². The van der Waals surface area contributed by atoms with Crippen molar-refractivity contribution in [2.24, 2.45) is 0 Å². The molecule has 0 aliphatic rings. The quantitative estimate of drug-likeness (QED) is 0.392. The van der Waals surface area contributed by atoms with Crippen LogP contribution < -0.4 is 0 Å². The fourth-order valence-corrected chi connectivity index (χ4v) is 1.06. The molecule has 0 aliphatic carbocycles. The number of halogens is 5. The Morgan fingerprint density at radius 3 is 2.06 bits per heavy atom. The third-order valence-electron chi connectivity index (χ3n) is 1.94. The van der Waals surface area contributed by atoms with Crippen LogP contribution in [0.2, 0.25) is 0 Å². The zero-order valence-electron chi connectivity index (χ0n) is 9.20. The molecule has 0 aromatic heterocycles. The van der Waals surface area contributed by atoms with E-state index in [4.69, 9.17) is 4.74 Å². The molecule has 16 heavy (non-hydrogen) atoms. The molecular weight excluding hydrogens is 231 g/mol. The highest BCUT2D eigenvalue weighted by molar-refractivity contribution is 5.15. The summed E-state index contributed by atoms with van der Waals surface area (Å²) in [6.07, 6.45) is -4.41. The summed E-state index contributed by atoms with van der Waals surface area (Å²) in [5.74, 6) is -4.77. The number of ether oxygens (including phenoxy) is 1. The molecule has 0 N–H and O–H groups in total. The molecule has 0 aromatic carbocycles. The third-order valence-corrected chi connectivity index (χ3v) is 1.94. The normalized spacial score (nSPS) is 14.3. The minimum Gasteiger partial charge on any atom is -0.377 e. The molecule has 0 fully saturated rings. The smallest absolute Gasteiger partial charge is 0.377 e. The predicted molar refractivity (Wildman–Crippen MR) is 50.5 cm³/mol. The molecule has 0 rings (SSSR count). The SMILES string of the molecule is CCCOC/C=C(\CC)C(F)(F)C(F)(F)F. The second-order valence-electron chi connectivity index (χ2n) is 3.23. The van der Waals surface area contributed by atoms with E-state index in [1.54, 1.807) is 0 Å². The zero-order valence-corrected chi connectivity index (χ0v) is 9.20. The van der Waals surface area contributed by atoms with E-state index in [1.807, 2.05) is 6.92 Å². The number of allylic oxidation sites excluding steroid dienone is 1. The van der Waals surface area contributed by atoms with Gasteiger partial charge in [0, 0.05) is 12.2 Å². The summed E-state index contributed by atoms with van der Waals surface area (Å²) < 4.78 is 66.6. The fraction of sp³-hybridized carbons (Fsp3) is 0.800. The van der Waals surface area contributed by atoms with Crippen LogP contribution in [0.15, 0.2) is 11.6 Å². The lowest BCUT2D eigenvalue weighted by atomic mass is 10.1. The summed E-state index contributed by atoms with van der Waals surface area (Å²) in [4.78, 5) is 0. The molecule has 0 spiro atoms. The van der Waals surface area contributed by atoms with E-state index < -0.39 is 17.7 Å². The number of hydrogen-bond donors (Lipinski definition) is 0. The largest absolute Gasteiger partial charge is 0.457 e. The fourth-order valence-electron chi connectivity index (χ4n) is 1.06. The molecule has 0 heterocycles. The zero-order chi connectivity index (χ0) is 12.8. The van der Waals surface area contributed by atoms with Gasteiger partial charge in [-0.3, -0.25) is 0 Å². The van der Waals surface area contributed by atoms with Crippen molar-refractivity contribution in [2.45, 2.75) is 38.8 Å². The van der Waals surface area contributed by atoms with Crippen LogP contribution in [0.4, 0.5) is 22.0 Å². The molecule has 1 nitrogen and oxygen atoms in total.